The minimum atomic E-state index is 1.09. The van der Waals surface area contributed by atoms with E-state index in [-0.39, 0.29) is 0 Å². The van der Waals surface area contributed by atoms with Gasteiger partial charge >= 0.3 is 0 Å². The fraction of sp³-hybridized carbons (Fsp3) is 0. The van der Waals surface area contributed by atoms with Crippen molar-refractivity contribution in [3.8, 4) is 61.3 Å². The molecule has 1 aromatic heterocycles. The van der Waals surface area contributed by atoms with Gasteiger partial charge in [0.2, 0.25) is 0 Å². The molecule has 0 saturated carbocycles. The predicted molar refractivity (Wildman–Crippen MR) is 263 cm³/mol. The first-order chi connectivity index (χ1) is 30.7. The number of para-hydroxylation sites is 2. The lowest BCUT2D eigenvalue weighted by molar-refractivity contribution is 1.18. The molecule has 2 nitrogen and oxygen atoms in total. The number of fused-ring (bicyclic) bond motifs is 3. The molecule has 0 amide bonds. The van der Waals surface area contributed by atoms with Crippen molar-refractivity contribution in [1.82, 2.24) is 4.57 Å². The molecule has 0 bridgehead atoms. The molecule has 292 valence electrons. The molecule has 11 rings (SSSR count). The average molecular weight is 791 g/mol. The molecule has 0 unspecified atom stereocenters. The van der Waals surface area contributed by atoms with E-state index < -0.39 is 0 Å². The molecule has 0 radical (unpaired) electrons. The van der Waals surface area contributed by atoms with E-state index >= 15 is 0 Å². The summed E-state index contributed by atoms with van der Waals surface area (Å²) < 4.78 is 2.44. The summed E-state index contributed by atoms with van der Waals surface area (Å²) in [6.07, 6.45) is 0. The zero-order chi connectivity index (χ0) is 41.2. The van der Waals surface area contributed by atoms with Crippen LogP contribution in [-0.4, -0.2) is 4.57 Å². The van der Waals surface area contributed by atoms with Gasteiger partial charge in [-0.05, 0) is 105 Å². The van der Waals surface area contributed by atoms with E-state index in [9.17, 15) is 0 Å². The number of nitrogens with zero attached hydrogens (tertiary/aromatic N) is 2. The van der Waals surface area contributed by atoms with Crippen molar-refractivity contribution in [1.29, 1.82) is 0 Å². The van der Waals surface area contributed by atoms with Crippen molar-refractivity contribution in [3.63, 3.8) is 0 Å². The Kier molecular flexibility index (Phi) is 9.57. The number of aromatic nitrogens is 1. The highest BCUT2D eigenvalue weighted by Crippen LogP contribution is 2.41. The summed E-state index contributed by atoms with van der Waals surface area (Å²) in [5, 5.41) is 2.49. The molecule has 62 heavy (non-hydrogen) atoms. The van der Waals surface area contributed by atoms with E-state index in [1.807, 2.05) is 0 Å². The lowest BCUT2D eigenvalue weighted by Crippen LogP contribution is -2.09. The van der Waals surface area contributed by atoms with Crippen molar-refractivity contribution in [3.05, 3.63) is 255 Å². The van der Waals surface area contributed by atoms with Gasteiger partial charge in [-0.25, -0.2) is 0 Å². The number of hydrogen-bond acceptors (Lipinski definition) is 1. The smallest absolute Gasteiger partial charge is 0.0547 e. The molecule has 0 spiro atoms. The summed E-state index contributed by atoms with van der Waals surface area (Å²) in [4.78, 5) is 2.35. The van der Waals surface area contributed by atoms with Gasteiger partial charge in [0.25, 0.3) is 0 Å². The maximum atomic E-state index is 2.44. The first-order valence-electron chi connectivity index (χ1n) is 21.3. The average Bonchev–Trinajstić information content (AvgIpc) is 3.69. The summed E-state index contributed by atoms with van der Waals surface area (Å²) in [5.41, 5.74) is 18.8. The second-order valence-electron chi connectivity index (χ2n) is 15.8. The molecule has 0 atom stereocenters. The quantitative estimate of drug-likeness (QED) is 0.141. The van der Waals surface area contributed by atoms with Crippen LogP contribution in [0.5, 0.6) is 0 Å². The van der Waals surface area contributed by atoms with Gasteiger partial charge in [0, 0.05) is 33.4 Å². The van der Waals surface area contributed by atoms with Crippen LogP contribution in [0.25, 0.3) is 83.1 Å². The van der Waals surface area contributed by atoms with Crippen molar-refractivity contribution in [2.45, 2.75) is 0 Å². The Balaban J connectivity index is 0.976. The van der Waals surface area contributed by atoms with Gasteiger partial charge in [-0.2, -0.15) is 0 Å². The van der Waals surface area contributed by atoms with Gasteiger partial charge < -0.3 is 9.47 Å². The second-order valence-corrected chi connectivity index (χ2v) is 15.8. The summed E-state index contributed by atoms with van der Waals surface area (Å²) in [7, 11) is 0. The Labute approximate surface area is 362 Å². The molecule has 0 aliphatic heterocycles. The standard InChI is InChI=1S/C60H42N2/c1-4-14-43(15-5-1)46-24-26-47(27-25-46)49-30-37-53(38-31-49)61(52-35-28-48(29-36-52)44-16-6-2-7-17-44)54-39-32-50(33-40-54)55-20-10-12-22-58(55)62-59-23-13-11-21-56(59)57-41-34-51(42-60(57)62)45-18-8-3-9-19-45/h1-42H. The first kappa shape index (κ1) is 36.8. The summed E-state index contributed by atoms with van der Waals surface area (Å²) in [5.74, 6) is 0. The second kappa shape index (κ2) is 16.1. The molecule has 1 heterocycles. The van der Waals surface area contributed by atoms with Crippen molar-refractivity contribution < 1.29 is 0 Å². The van der Waals surface area contributed by atoms with Gasteiger partial charge in [-0.3, -0.25) is 0 Å². The van der Waals surface area contributed by atoms with Gasteiger partial charge in [-0.15, -0.1) is 0 Å². The molecule has 0 aliphatic rings. The van der Waals surface area contributed by atoms with Crippen LogP contribution in [0.2, 0.25) is 0 Å². The minimum Gasteiger partial charge on any atom is -0.311 e. The van der Waals surface area contributed by atoms with Gasteiger partial charge in [0.1, 0.15) is 0 Å². The molecule has 0 fully saturated rings. The third kappa shape index (κ3) is 6.94. The van der Waals surface area contributed by atoms with Gasteiger partial charge in [0.15, 0.2) is 0 Å². The monoisotopic (exact) mass is 790 g/mol. The third-order valence-electron chi connectivity index (χ3n) is 12.0. The van der Waals surface area contributed by atoms with Crippen molar-refractivity contribution in [2.24, 2.45) is 0 Å². The number of rotatable bonds is 9. The molecule has 0 N–H and O–H groups in total. The lowest BCUT2D eigenvalue weighted by Gasteiger charge is -2.26. The van der Waals surface area contributed by atoms with E-state index in [2.05, 4.69) is 264 Å². The van der Waals surface area contributed by atoms with Gasteiger partial charge in [-0.1, -0.05) is 200 Å². The summed E-state index contributed by atoms with van der Waals surface area (Å²) >= 11 is 0. The molecule has 0 aliphatic carbocycles. The number of benzene rings is 10. The maximum Gasteiger partial charge on any atom is 0.0547 e. The highest BCUT2D eigenvalue weighted by atomic mass is 15.1. The Hall–Kier alpha value is -8.20. The van der Waals surface area contributed by atoms with Crippen LogP contribution in [0.3, 0.4) is 0 Å². The Morgan fingerprint density at radius 3 is 1.11 bits per heavy atom. The first-order valence-corrected chi connectivity index (χ1v) is 21.3. The molecular formula is C60H42N2. The Morgan fingerprint density at radius 2 is 0.597 bits per heavy atom. The van der Waals surface area contributed by atoms with E-state index in [1.54, 1.807) is 0 Å². The van der Waals surface area contributed by atoms with Crippen LogP contribution >= 0.6 is 0 Å². The fourth-order valence-corrected chi connectivity index (χ4v) is 8.91. The van der Waals surface area contributed by atoms with Crippen molar-refractivity contribution >= 4 is 38.9 Å². The highest BCUT2D eigenvalue weighted by molar-refractivity contribution is 6.10. The van der Waals surface area contributed by atoms with Crippen LogP contribution in [-0.2, 0) is 0 Å². The predicted octanol–water partition coefficient (Wildman–Crippen LogP) is 16.6. The SMILES string of the molecule is c1ccc(-c2ccc(-c3ccc(N(c4ccc(-c5ccccc5)cc4)c4ccc(-c5ccccc5-n5c6ccccc6c6ccc(-c7ccccc7)cc65)cc4)cc3)cc2)cc1. The maximum absolute atomic E-state index is 2.44. The fourth-order valence-electron chi connectivity index (χ4n) is 8.91. The van der Waals surface area contributed by atoms with Crippen LogP contribution in [0.15, 0.2) is 255 Å². The molecule has 2 heteroatoms. The van der Waals surface area contributed by atoms with E-state index in [4.69, 9.17) is 0 Å². The number of hydrogen-bond donors (Lipinski definition) is 0. The Morgan fingerprint density at radius 1 is 0.242 bits per heavy atom. The van der Waals surface area contributed by atoms with E-state index in [1.165, 1.54) is 71.9 Å². The molecule has 0 saturated heterocycles. The third-order valence-corrected chi connectivity index (χ3v) is 12.0. The topological polar surface area (TPSA) is 8.17 Å². The lowest BCUT2D eigenvalue weighted by atomic mass is 9.99. The van der Waals surface area contributed by atoms with Crippen LogP contribution in [0.4, 0.5) is 17.1 Å². The summed E-state index contributed by atoms with van der Waals surface area (Å²) in [6.45, 7) is 0. The molecule has 10 aromatic carbocycles. The molecule has 11 aromatic rings. The zero-order valence-corrected chi connectivity index (χ0v) is 34.1. The zero-order valence-electron chi connectivity index (χ0n) is 34.1. The Bertz CT molecular complexity index is 3280. The van der Waals surface area contributed by atoms with Crippen LogP contribution < -0.4 is 4.90 Å². The van der Waals surface area contributed by atoms with E-state index in [0.29, 0.717) is 0 Å². The molecular weight excluding hydrogens is 749 g/mol. The summed E-state index contributed by atoms with van der Waals surface area (Å²) in [6, 6.07) is 92.0. The minimum absolute atomic E-state index is 1.09. The van der Waals surface area contributed by atoms with Crippen molar-refractivity contribution in [2.75, 3.05) is 4.90 Å². The van der Waals surface area contributed by atoms with Gasteiger partial charge in [0.05, 0.1) is 16.7 Å². The number of anilines is 3. The van der Waals surface area contributed by atoms with Crippen LogP contribution in [0.1, 0.15) is 0 Å². The normalized spacial score (nSPS) is 11.2. The van der Waals surface area contributed by atoms with Crippen LogP contribution in [0, 0.1) is 0 Å². The van der Waals surface area contributed by atoms with E-state index in [0.717, 1.165) is 28.3 Å². The highest BCUT2D eigenvalue weighted by Gasteiger charge is 2.18. The largest absolute Gasteiger partial charge is 0.311 e.